The summed E-state index contributed by atoms with van der Waals surface area (Å²) in [7, 11) is 0. The number of carbonyl (C=O) groups is 1. The molecule has 1 amide bonds. The Hall–Kier alpha value is -0.570. The number of hydrogen-bond donors (Lipinski definition) is 2. The van der Waals surface area contributed by atoms with Crippen LogP contribution < -0.4 is 11.1 Å². The molecule has 1 aliphatic rings. The van der Waals surface area contributed by atoms with E-state index in [4.69, 9.17) is 5.73 Å². The minimum atomic E-state index is 0.195. The number of nitrogens with one attached hydrogen (secondary N) is 1. The van der Waals surface area contributed by atoms with Crippen LogP contribution in [0.2, 0.25) is 0 Å². The molecule has 0 saturated heterocycles. The van der Waals surface area contributed by atoms with Gasteiger partial charge < -0.3 is 11.1 Å². The van der Waals surface area contributed by atoms with E-state index in [1.807, 2.05) is 0 Å². The van der Waals surface area contributed by atoms with E-state index in [0.717, 1.165) is 19.4 Å². The third-order valence-corrected chi connectivity index (χ3v) is 1.87. The number of rotatable bonds is 5. The minimum Gasteiger partial charge on any atom is -0.356 e. The second-order valence-electron chi connectivity index (χ2n) is 3.14. The largest absolute Gasteiger partial charge is 0.356 e. The Morgan fingerprint density at radius 1 is 1.55 bits per heavy atom. The molecular weight excluding hydrogens is 140 g/mol. The van der Waals surface area contributed by atoms with Gasteiger partial charge in [0.1, 0.15) is 0 Å². The maximum absolute atomic E-state index is 11.0. The van der Waals surface area contributed by atoms with E-state index < -0.39 is 0 Å². The first-order valence-electron chi connectivity index (χ1n) is 4.29. The zero-order chi connectivity index (χ0) is 8.10. The molecule has 1 fully saturated rings. The summed E-state index contributed by atoms with van der Waals surface area (Å²) in [5.74, 6) is 0.883. The van der Waals surface area contributed by atoms with Crippen LogP contribution in [-0.2, 0) is 4.79 Å². The molecule has 0 aliphatic heterocycles. The van der Waals surface area contributed by atoms with Crippen molar-refractivity contribution in [3.8, 4) is 0 Å². The molecule has 1 rings (SSSR count). The van der Waals surface area contributed by atoms with Crippen LogP contribution in [0.1, 0.15) is 25.7 Å². The predicted octanol–water partition coefficient (Wildman–Crippen LogP) is 0.251. The molecule has 1 aliphatic carbocycles. The van der Waals surface area contributed by atoms with Crippen molar-refractivity contribution in [1.29, 1.82) is 0 Å². The predicted molar refractivity (Wildman–Crippen MR) is 44.0 cm³/mol. The van der Waals surface area contributed by atoms with Crippen molar-refractivity contribution in [3.63, 3.8) is 0 Å². The standard InChI is InChI=1S/C8H16N2O/c9-4-1-5-10-8(11)6-7-2-3-7/h7H,1-6,9H2,(H,10,11). The molecule has 11 heavy (non-hydrogen) atoms. The first kappa shape index (κ1) is 8.53. The Morgan fingerprint density at radius 3 is 2.82 bits per heavy atom. The lowest BCUT2D eigenvalue weighted by Crippen LogP contribution is -2.25. The second-order valence-corrected chi connectivity index (χ2v) is 3.14. The average Bonchev–Trinajstić information content (AvgIpc) is 2.72. The van der Waals surface area contributed by atoms with Crippen LogP contribution in [0.15, 0.2) is 0 Å². The van der Waals surface area contributed by atoms with Crippen molar-refractivity contribution >= 4 is 5.91 Å². The van der Waals surface area contributed by atoms with Crippen molar-refractivity contribution < 1.29 is 4.79 Å². The van der Waals surface area contributed by atoms with Gasteiger partial charge in [-0.25, -0.2) is 0 Å². The Kier molecular flexibility index (Phi) is 3.36. The number of hydrogen-bond acceptors (Lipinski definition) is 2. The molecule has 0 bridgehead atoms. The van der Waals surface area contributed by atoms with Gasteiger partial charge in [0.05, 0.1) is 0 Å². The van der Waals surface area contributed by atoms with Crippen LogP contribution in [0, 0.1) is 5.92 Å². The van der Waals surface area contributed by atoms with Crippen LogP contribution in [0.4, 0.5) is 0 Å². The highest BCUT2D eigenvalue weighted by molar-refractivity contribution is 5.76. The molecule has 1 saturated carbocycles. The van der Waals surface area contributed by atoms with Crippen LogP contribution >= 0.6 is 0 Å². The lowest BCUT2D eigenvalue weighted by Gasteiger charge is -2.01. The monoisotopic (exact) mass is 156 g/mol. The highest BCUT2D eigenvalue weighted by atomic mass is 16.1. The molecule has 3 heteroatoms. The lowest BCUT2D eigenvalue weighted by molar-refractivity contribution is -0.121. The van der Waals surface area contributed by atoms with Crippen LogP contribution in [0.3, 0.4) is 0 Å². The van der Waals surface area contributed by atoms with E-state index >= 15 is 0 Å². The fraction of sp³-hybridized carbons (Fsp3) is 0.875. The zero-order valence-electron chi connectivity index (χ0n) is 6.81. The third-order valence-electron chi connectivity index (χ3n) is 1.87. The molecule has 0 spiro atoms. The van der Waals surface area contributed by atoms with Gasteiger partial charge in [0.25, 0.3) is 0 Å². The zero-order valence-corrected chi connectivity index (χ0v) is 6.81. The van der Waals surface area contributed by atoms with Gasteiger partial charge in [-0.1, -0.05) is 0 Å². The molecule has 0 heterocycles. The molecule has 3 N–H and O–H groups in total. The van der Waals surface area contributed by atoms with E-state index in [1.165, 1.54) is 12.8 Å². The molecule has 0 aromatic rings. The summed E-state index contributed by atoms with van der Waals surface area (Å²) in [4.78, 5) is 11.0. The van der Waals surface area contributed by atoms with Crippen molar-refractivity contribution in [1.82, 2.24) is 5.32 Å². The van der Waals surface area contributed by atoms with E-state index in [-0.39, 0.29) is 5.91 Å². The summed E-state index contributed by atoms with van der Waals surface area (Å²) in [6.45, 7) is 1.39. The number of nitrogens with two attached hydrogens (primary N) is 1. The fourth-order valence-corrected chi connectivity index (χ4v) is 0.986. The van der Waals surface area contributed by atoms with Gasteiger partial charge in [-0.15, -0.1) is 0 Å². The Bertz CT molecular complexity index is 132. The average molecular weight is 156 g/mol. The molecule has 3 nitrogen and oxygen atoms in total. The van der Waals surface area contributed by atoms with Gasteiger partial charge in [0.15, 0.2) is 0 Å². The fourth-order valence-electron chi connectivity index (χ4n) is 0.986. The van der Waals surface area contributed by atoms with Crippen LogP contribution in [-0.4, -0.2) is 19.0 Å². The van der Waals surface area contributed by atoms with Crippen LogP contribution in [0.5, 0.6) is 0 Å². The first-order valence-corrected chi connectivity index (χ1v) is 4.29. The molecule has 0 atom stereocenters. The molecule has 0 radical (unpaired) electrons. The summed E-state index contributed by atoms with van der Waals surface area (Å²) in [5, 5.41) is 2.84. The molecule has 0 unspecified atom stereocenters. The Labute approximate surface area is 67.3 Å². The van der Waals surface area contributed by atoms with E-state index in [9.17, 15) is 4.79 Å². The summed E-state index contributed by atoms with van der Waals surface area (Å²) in [6.07, 6.45) is 4.09. The molecule has 0 aromatic heterocycles. The Balaban J connectivity index is 1.92. The minimum absolute atomic E-state index is 0.195. The maximum Gasteiger partial charge on any atom is 0.220 e. The smallest absolute Gasteiger partial charge is 0.220 e. The van der Waals surface area contributed by atoms with Gasteiger partial charge >= 0.3 is 0 Å². The van der Waals surface area contributed by atoms with Crippen molar-refractivity contribution in [2.45, 2.75) is 25.7 Å². The van der Waals surface area contributed by atoms with Gasteiger partial charge in [0.2, 0.25) is 5.91 Å². The summed E-state index contributed by atoms with van der Waals surface area (Å²) in [6, 6.07) is 0. The van der Waals surface area contributed by atoms with E-state index in [0.29, 0.717) is 12.5 Å². The van der Waals surface area contributed by atoms with Gasteiger partial charge in [-0.05, 0) is 31.7 Å². The molecule has 0 aromatic carbocycles. The normalized spacial score (nSPS) is 16.5. The Morgan fingerprint density at radius 2 is 2.27 bits per heavy atom. The summed E-state index contributed by atoms with van der Waals surface area (Å²) >= 11 is 0. The molecule has 64 valence electrons. The van der Waals surface area contributed by atoms with Gasteiger partial charge in [0, 0.05) is 13.0 Å². The van der Waals surface area contributed by atoms with E-state index in [1.54, 1.807) is 0 Å². The summed E-state index contributed by atoms with van der Waals surface area (Å²) < 4.78 is 0. The topological polar surface area (TPSA) is 55.1 Å². The highest BCUT2D eigenvalue weighted by Crippen LogP contribution is 2.31. The van der Waals surface area contributed by atoms with Crippen molar-refractivity contribution in [2.75, 3.05) is 13.1 Å². The van der Waals surface area contributed by atoms with E-state index in [2.05, 4.69) is 5.32 Å². The molecular formula is C8H16N2O. The number of carbonyl (C=O) groups excluding carboxylic acids is 1. The van der Waals surface area contributed by atoms with Gasteiger partial charge in [-0.2, -0.15) is 0 Å². The number of amides is 1. The quantitative estimate of drug-likeness (QED) is 0.561. The first-order chi connectivity index (χ1) is 5.33. The van der Waals surface area contributed by atoms with Gasteiger partial charge in [-0.3, -0.25) is 4.79 Å². The third kappa shape index (κ3) is 3.98. The SMILES string of the molecule is NCCCNC(=O)CC1CC1. The van der Waals surface area contributed by atoms with Crippen molar-refractivity contribution in [2.24, 2.45) is 11.7 Å². The lowest BCUT2D eigenvalue weighted by atomic mass is 10.3. The highest BCUT2D eigenvalue weighted by Gasteiger charge is 2.23. The van der Waals surface area contributed by atoms with Crippen LogP contribution in [0.25, 0.3) is 0 Å². The summed E-state index contributed by atoms with van der Waals surface area (Å²) in [5.41, 5.74) is 5.28. The second kappa shape index (κ2) is 4.34. The maximum atomic E-state index is 11.0. The van der Waals surface area contributed by atoms with Crippen molar-refractivity contribution in [3.05, 3.63) is 0 Å².